The van der Waals surface area contributed by atoms with Crippen molar-refractivity contribution >= 4 is 29.9 Å². The van der Waals surface area contributed by atoms with Gasteiger partial charge in [-0.05, 0) is 37.0 Å². The summed E-state index contributed by atoms with van der Waals surface area (Å²) in [4.78, 5) is 14.2. The first kappa shape index (κ1) is 17.3. The second-order valence-corrected chi connectivity index (χ2v) is 5.88. The number of nitrogens with two attached hydrogens (primary N) is 1. The van der Waals surface area contributed by atoms with Crippen molar-refractivity contribution in [3.8, 4) is 0 Å². The van der Waals surface area contributed by atoms with Crippen LogP contribution in [-0.4, -0.2) is 23.9 Å². The highest BCUT2D eigenvalue weighted by molar-refractivity contribution is 6.30. The minimum Gasteiger partial charge on any atom is -0.341 e. The van der Waals surface area contributed by atoms with Gasteiger partial charge in [0.15, 0.2) is 0 Å². The zero-order valence-electron chi connectivity index (χ0n) is 11.7. The van der Waals surface area contributed by atoms with E-state index in [1.54, 1.807) is 4.90 Å². The SMILES string of the molecule is CN(Cc1cccc(Cl)c1)C(=O)C1CCCC(N)C1.Cl. The normalized spacial score (nSPS) is 21.9. The lowest BCUT2D eigenvalue weighted by molar-refractivity contribution is -0.135. The highest BCUT2D eigenvalue weighted by Gasteiger charge is 2.27. The topological polar surface area (TPSA) is 46.3 Å². The molecule has 1 amide bonds. The Morgan fingerprint density at radius 1 is 1.45 bits per heavy atom. The van der Waals surface area contributed by atoms with E-state index in [9.17, 15) is 4.79 Å². The Morgan fingerprint density at radius 2 is 2.20 bits per heavy atom. The maximum absolute atomic E-state index is 12.4. The van der Waals surface area contributed by atoms with Gasteiger partial charge >= 0.3 is 0 Å². The standard InChI is InChI=1S/C15H21ClN2O.ClH/c1-18(10-11-4-2-6-13(16)8-11)15(19)12-5-3-7-14(17)9-12;/h2,4,6,8,12,14H,3,5,7,9-10,17H2,1H3;1H. The lowest BCUT2D eigenvalue weighted by atomic mass is 9.85. The molecule has 3 nitrogen and oxygen atoms in total. The van der Waals surface area contributed by atoms with E-state index in [0.29, 0.717) is 11.6 Å². The predicted molar refractivity (Wildman–Crippen MR) is 85.1 cm³/mol. The summed E-state index contributed by atoms with van der Waals surface area (Å²) in [6.07, 6.45) is 3.88. The number of amides is 1. The summed E-state index contributed by atoms with van der Waals surface area (Å²) in [7, 11) is 1.85. The van der Waals surface area contributed by atoms with E-state index >= 15 is 0 Å². The van der Waals surface area contributed by atoms with Gasteiger partial charge in [-0.1, -0.05) is 30.2 Å². The van der Waals surface area contributed by atoms with E-state index in [4.69, 9.17) is 17.3 Å². The number of hydrogen-bond donors (Lipinski definition) is 1. The zero-order valence-corrected chi connectivity index (χ0v) is 13.3. The van der Waals surface area contributed by atoms with E-state index in [0.717, 1.165) is 31.2 Å². The number of halogens is 2. The Morgan fingerprint density at radius 3 is 2.85 bits per heavy atom. The van der Waals surface area contributed by atoms with Crippen LogP contribution in [0.4, 0.5) is 0 Å². The van der Waals surface area contributed by atoms with Crippen LogP contribution in [0.1, 0.15) is 31.2 Å². The minimum atomic E-state index is 0. The fraction of sp³-hybridized carbons (Fsp3) is 0.533. The van der Waals surface area contributed by atoms with E-state index in [1.807, 2.05) is 31.3 Å². The Kier molecular flexibility index (Phi) is 6.80. The fourth-order valence-corrected chi connectivity index (χ4v) is 2.96. The van der Waals surface area contributed by atoms with Gasteiger partial charge in [0.05, 0.1) is 0 Å². The average Bonchev–Trinajstić information content (AvgIpc) is 2.38. The molecule has 0 radical (unpaired) electrons. The number of hydrogen-bond acceptors (Lipinski definition) is 2. The maximum Gasteiger partial charge on any atom is 0.225 e. The van der Waals surface area contributed by atoms with Gasteiger partial charge in [-0.25, -0.2) is 0 Å². The summed E-state index contributed by atoms with van der Waals surface area (Å²) < 4.78 is 0. The monoisotopic (exact) mass is 316 g/mol. The van der Waals surface area contributed by atoms with Crippen molar-refractivity contribution in [1.82, 2.24) is 4.90 Å². The molecule has 0 aliphatic heterocycles. The molecule has 112 valence electrons. The molecule has 1 aromatic rings. The van der Waals surface area contributed by atoms with Crippen LogP contribution in [0.15, 0.2) is 24.3 Å². The van der Waals surface area contributed by atoms with Gasteiger partial charge < -0.3 is 10.6 Å². The maximum atomic E-state index is 12.4. The molecule has 0 bridgehead atoms. The van der Waals surface area contributed by atoms with Crippen LogP contribution in [-0.2, 0) is 11.3 Å². The molecule has 1 aliphatic carbocycles. The molecular formula is C15H22Cl2N2O. The molecule has 20 heavy (non-hydrogen) atoms. The molecule has 1 aromatic carbocycles. The van der Waals surface area contributed by atoms with Crippen LogP contribution >= 0.6 is 24.0 Å². The molecule has 0 heterocycles. The van der Waals surface area contributed by atoms with Crippen LogP contribution in [0.3, 0.4) is 0 Å². The van der Waals surface area contributed by atoms with Gasteiger partial charge in [-0.2, -0.15) is 0 Å². The molecule has 2 N–H and O–H groups in total. The van der Waals surface area contributed by atoms with Crippen molar-refractivity contribution in [3.05, 3.63) is 34.9 Å². The Labute approximate surface area is 131 Å². The van der Waals surface area contributed by atoms with Crippen molar-refractivity contribution in [3.63, 3.8) is 0 Å². The van der Waals surface area contributed by atoms with Gasteiger partial charge in [0.1, 0.15) is 0 Å². The van der Waals surface area contributed by atoms with Crippen molar-refractivity contribution in [2.45, 2.75) is 38.3 Å². The van der Waals surface area contributed by atoms with Crippen LogP contribution in [0.2, 0.25) is 5.02 Å². The quantitative estimate of drug-likeness (QED) is 0.930. The molecule has 1 aliphatic rings. The largest absolute Gasteiger partial charge is 0.341 e. The summed E-state index contributed by atoms with van der Waals surface area (Å²) in [5.74, 6) is 0.294. The molecule has 5 heteroatoms. The smallest absolute Gasteiger partial charge is 0.225 e. The molecule has 2 unspecified atom stereocenters. The molecule has 1 fully saturated rings. The van der Waals surface area contributed by atoms with Crippen LogP contribution < -0.4 is 5.73 Å². The highest BCUT2D eigenvalue weighted by Crippen LogP contribution is 2.25. The molecule has 0 aromatic heterocycles. The van der Waals surface area contributed by atoms with Crippen LogP contribution in [0.25, 0.3) is 0 Å². The number of rotatable bonds is 3. The average molecular weight is 317 g/mol. The Hall–Kier alpha value is -0.770. The van der Waals surface area contributed by atoms with Gasteiger partial charge in [-0.3, -0.25) is 4.79 Å². The van der Waals surface area contributed by atoms with Crippen LogP contribution in [0, 0.1) is 5.92 Å². The number of nitrogens with zero attached hydrogens (tertiary/aromatic N) is 1. The lowest BCUT2D eigenvalue weighted by Gasteiger charge is -2.29. The Bertz CT molecular complexity index is 453. The molecule has 0 spiro atoms. The molecular weight excluding hydrogens is 295 g/mol. The van der Waals surface area contributed by atoms with E-state index in [2.05, 4.69) is 0 Å². The highest BCUT2D eigenvalue weighted by atomic mass is 35.5. The van der Waals surface area contributed by atoms with Gasteiger partial charge in [0, 0.05) is 30.6 Å². The van der Waals surface area contributed by atoms with Crippen LogP contribution in [0.5, 0.6) is 0 Å². The van der Waals surface area contributed by atoms with E-state index in [-0.39, 0.29) is 30.3 Å². The molecule has 2 atom stereocenters. The minimum absolute atomic E-state index is 0. The third-order valence-electron chi connectivity index (χ3n) is 3.75. The van der Waals surface area contributed by atoms with Crippen molar-refractivity contribution < 1.29 is 4.79 Å². The first-order valence-electron chi connectivity index (χ1n) is 6.81. The second kappa shape index (κ2) is 7.87. The van der Waals surface area contributed by atoms with Crippen molar-refractivity contribution in [2.24, 2.45) is 11.7 Å². The third-order valence-corrected chi connectivity index (χ3v) is 3.98. The zero-order chi connectivity index (χ0) is 13.8. The van der Waals surface area contributed by atoms with E-state index in [1.165, 1.54) is 0 Å². The van der Waals surface area contributed by atoms with Gasteiger partial charge in [0.25, 0.3) is 0 Å². The van der Waals surface area contributed by atoms with Crippen molar-refractivity contribution in [1.29, 1.82) is 0 Å². The van der Waals surface area contributed by atoms with Crippen molar-refractivity contribution in [2.75, 3.05) is 7.05 Å². The molecule has 0 saturated heterocycles. The first-order chi connectivity index (χ1) is 9.06. The summed E-state index contributed by atoms with van der Waals surface area (Å²) >= 11 is 5.96. The lowest BCUT2D eigenvalue weighted by Crippen LogP contribution is -2.38. The van der Waals surface area contributed by atoms with E-state index < -0.39 is 0 Å². The third kappa shape index (κ3) is 4.65. The fourth-order valence-electron chi connectivity index (χ4n) is 2.75. The predicted octanol–water partition coefficient (Wildman–Crippen LogP) is 3.24. The second-order valence-electron chi connectivity index (χ2n) is 5.45. The summed E-state index contributed by atoms with van der Waals surface area (Å²) in [5, 5.41) is 0.707. The molecule has 2 rings (SSSR count). The summed E-state index contributed by atoms with van der Waals surface area (Å²) in [6, 6.07) is 7.82. The number of carbonyl (C=O) groups is 1. The summed E-state index contributed by atoms with van der Waals surface area (Å²) in [6.45, 7) is 0.602. The van der Waals surface area contributed by atoms with Gasteiger partial charge in [-0.15, -0.1) is 12.4 Å². The number of benzene rings is 1. The molecule has 1 saturated carbocycles. The summed E-state index contributed by atoms with van der Waals surface area (Å²) in [5.41, 5.74) is 7.01. The Balaban J connectivity index is 0.00000200. The number of carbonyl (C=O) groups excluding carboxylic acids is 1. The first-order valence-corrected chi connectivity index (χ1v) is 7.19. The van der Waals surface area contributed by atoms with Gasteiger partial charge in [0.2, 0.25) is 5.91 Å².